The Balaban J connectivity index is 1.60. The quantitative estimate of drug-likeness (QED) is 0.391. The second-order valence-corrected chi connectivity index (χ2v) is 15.4. The van der Waals surface area contributed by atoms with Crippen molar-refractivity contribution in [2.75, 3.05) is 0 Å². The molecule has 0 bridgehead atoms. The Bertz CT molecular complexity index is 825. The van der Waals surface area contributed by atoms with Crippen molar-refractivity contribution in [2.45, 2.75) is 125 Å². The molecule has 32 heavy (non-hydrogen) atoms. The van der Waals surface area contributed by atoms with Crippen molar-refractivity contribution in [3.8, 4) is 0 Å². The van der Waals surface area contributed by atoms with Crippen LogP contribution in [-0.2, 0) is 0 Å². The molecule has 182 valence electrons. The van der Waals surface area contributed by atoms with E-state index in [4.69, 9.17) is 0 Å². The number of aliphatic hydroxyl groups is 2. The average molecular weight is 443 g/mol. The molecule has 9 atom stereocenters. The number of allylic oxidation sites excluding steroid dienone is 1. The van der Waals surface area contributed by atoms with Crippen LogP contribution in [0.4, 0.5) is 0 Å². The summed E-state index contributed by atoms with van der Waals surface area (Å²) < 4.78 is 0. The summed E-state index contributed by atoms with van der Waals surface area (Å²) in [5.74, 6) is 1.62. The predicted octanol–water partition coefficient (Wildman–Crippen LogP) is 7.14. The molecule has 0 aromatic carbocycles. The minimum atomic E-state index is -0.304. The molecule has 0 spiro atoms. The zero-order chi connectivity index (χ0) is 23.5. The van der Waals surface area contributed by atoms with E-state index in [1.165, 1.54) is 38.5 Å². The Hall–Kier alpha value is -0.340. The van der Waals surface area contributed by atoms with Gasteiger partial charge in [0.25, 0.3) is 0 Å². The summed E-state index contributed by atoms with van der Waals surface area (Å²) in [5, 5.41) is 22.8. The summed E-state index contributed by atoms with van der Waals surface area (Å²) in [4.78, 5) is 0. The number of aliphatic hydroxyl groups excluding tert-OH is 2. The lowest BCUT2D eigenvalue weighted by molar-refractivity contribution is -0.218. The first-order valence-corrected chi connectivity index (χ1v) is 13.7. The SMILES string of the molecule is CC1(C)CCC2(C)CC=C3C(C)(CCC4C5(C)CCC(O)C(C)(C)C5CC(O)C34C)C2C1. The van der Waals surface area contributed by atoms with Gasteiger partial charge in [0, 0.05) is 5.41 Å². The molecule has 5 aliphatic carbocycles. The third-order valence-electron chi connectivity index (χ3n) is 12.8. The number of rotatable bonds is 0. The van der Waals surface area contributed by atoms with Crippen LogP contribution in [0, 0.1) is 50.2 Å². The Morgan fingerprint density at radius 1 is 0.750 bits per heavy atom. The van der Waals surface area contributed by atoms with Crippen LogP contribution in [0.5, 0.6) is 0 Å². The fraction of sp³-hybridized carbons (Fsp3) is 0.933. The van der Waals surface area contributed by atoms with Gasteiger partial charge in [-0.15, -0.1) is 0 Å². The van der Waals surface area contributed by atoms with Gasteiger partial charge in [0.15, 0.2) is 0 Å². The lowest BCUT2D eigenvalue weighted by atomic mass is 9.34. The lowest BCUT2D eigenvalue weighted by Crippen LogP contribution is -2.67. The number of hydrogen-bond donors (Lipinski definition) is 2. The van der Waals surface area contributed by atoms with Gasteiger partial charge in [0.05, 0.1) is 12.2 Å². The van der Waals surface area contributed by atoms with Crippen LogP contribution in [0.2, 0.25) is 0 Å². The van der Waals surface area contributed by atoms with Crippen molar-refractivity contribution in [3.05, 3.63) is 11.6 Å². The average Bonchev–Trinajstić information content (AvgIpc) is 2.69. The Kier molecular flexibility index (Phi) is 4.87. The number of fused-ring (bicyclic) bond motifs is 7. The van der Waals surface area contributed by atoms with Gasteiger partial charge in [-0.05, 0) is 103 Å². The van der Waals surface area contributed by atoms with Crippen LogP contribution in [0.25, 0.3) is 0 Å². The first kappa shape index (κ1) is 23.4. The van der Waals surface area contributed by atoms with Crippen molar-refractivity contribution in [2.24, 2.45) is 50.2 Å². The third kappa shape index (κ3) is 2.78. The van der Waals surface area contributed by atoms with Crippen molar-refractivity contribution in [1.29, 1.82) is 0 Å². The molecule has 2 N–H and O–H groups in total. The smallest absolute Gasteiger partial charge is 0.0637 e. The zero-order valence-electron chi connectivity index (χ0n) is 22.2. The molecule has 0 aromatic rings. The van der Waals surface area contributed by atoms with Crippen molar-refractivity contribution in [1.82, 2.24) is 0 Å². The summed E-state index contributed by atoms with van der Waals surface area (Å²) in [6, 6.07) is 0. The molecule has 0 amide bonds. The lowest BCUT2D eigenvalue weighted by Gasteiger charge is -2.71. The number of hydrogen-bond acceptors (Lipinski definition) is 2. The van der Waals surface area contributed by atoms with Crippen LogP contribution in [0.1, 0.15) is 113 Å². The molecule has 0 aromatic heterocycles. The van der Waals surface area contributed by atoms with E-state index < -0.39 is 0 Å². The molecule has 0 radical (unpaired) electrons. The first-order chi connectivity index (χ1) is 14.6. The standard InChI is InChI=1S/C30H50O2/c1-25(2)15-16-27(5)12-9-19-29(7,22(27)18-25)13-10-20-28(6)14-11-23(31)26(3,4)21(28)17-24(32)30(19,20)8/h9,20-24,31-32H,10-18H2,1-8H3. The van der Waals surface area contributed by atoms with E-state index in [2.05, 4.69) is 61.5 Å². The van der Waals surface area contributed by atoms with E-state index in [-0.39, 0.29) is 33.9 Å². The highest BCUT2D eigenvalue weighted by molar-refractivity contribution is 5.36. The Morgan fingerprint density at radius 3 is 2.12 bits per heavy atom. The van der Waals surface area contributed by atoms with Gasteiger partial charge >= 0.3 is 0 Å². The highest BCUT2D eigenvalue weighted by Crippen LogP contribution is 2.74. The minimum Gasteiger partial charge on any atom is -0.393 e. The van der Waals surface area contributed by atoms with Crippen LogP contribution in [0.15, 0.2) is 11.6 Å². The fourth-order valence-corrected chi connectivity index (χ4v) is 10.7. The van der Waals surface area contributed by atoms with Gasteiger partial charge in [0.2, 0.25) is 0 Å². The highest BCUT2D eigenvalue weighted by atomic mass is 16.3. The molecule has 5 rings (SSSR count). The highest BCUT2D eigenvalue weighted by Gasteiger charge is 2.69. The van der Waals surface area contributed by atoms with Gasteiger partial charge in [-0.3, -0.25) is 0 Å². The molecular formula is C30H50O2. The second-order valence-electron chi connectivity index (χ2n) is 15.4. The maximum absolute atomic E-state index is 11.9. The predicted molar refractivity (Wildman–Crippen MR) is 132 cm³/mol. The summed E-state index contributed by atoms with van der Waals surface area (Å²) in [5.41, 5.74) is 2.63. The summed E-state index contributed by atoms with van der Waals surface area (Å²) >= 11 is 0. The van der Waals surface area contributed by atoms with E-state index in [9.17, 15) is 10.2 Å². The minimum absolute atomic E-state index is 0.122. The van der Waals surface area contributed by atoms with Gasteiger partial charge in [-0.1, -0.05) is 67.0 Å². The zero-order valence-corrected chi connectivity index (χ0v) is 22.2. The molecule has 4 fully saturated rings. The molecular weight excluding hydrogens is 392 g/mol. The fourth-order valence-electron chi connectivity index (χ4n) is 10.7. The Labute approximate surface area is 197 Å². The monoisotopic (exact) mass is 442 g/mol. The summed E-state index contributed by atoms with van der Waals surface area (Å²) in [6.45, 7) is 19.6. The van der Waals surface area contributed by atoms with Crippen LogP contribution >= 0.6 is 0 Å². The molecule has 9 unspecified atom stereocenters. The molecule has 5 aliphatic rings. The molecule has 2 heteroatoms. The molecule has 0 aliphatic heterocycles. The van der Waals surface area contributed by atoms with Crippen LogP contribution in [-0.4, -0.2) is 22.4 Å². The topological polar surface area (TPSA) is 40.5 Å². The van der Waals surface area contributed by atoms with E-state index in [1.807, 2.05) is 0 Å². The van der Waals surface area contributed by atoms with Crippen molar-refractivity contribution < 1.29 is 10.2 Å². The molecule has 0 heterocycles. The maximum atomic E-state index is 11.9. The normalized spacial score (nSPS) is 56.2. The van der Waals surface area contributed by atoms with Crippen molar-refractivity contribution >= 4 is 0 Å². The van der Waals surface area contributed by atoms with Crippen LogP contribution < -0.4 is 0 Å². The van der Waals surface area contributed by atoms with Gasteiger partial charge in [-0.25, -0.2) is 0 Å². The van der Waals surface area contributed by atoms with E-state index in [0.717, 1.165) is 25.2 Å². The molecule has 0 saturated heterocycles. The van der Waals surface area contributed by atoms with E-state index in [1.54, 1.807) is 5.57 Å². The summed E-state index contributed by atoms with van der Waals surface area (Å²) in [6.07, 6.45) is 12.7. The molecule has 4 saturated carbocycles. The van der Waals surface area contributed by atoms with Gasteiger partial charge in [0.1, 0.15) is 0 Å². The van der Waals surface area contributed by atoms with E-state index in [0.29, 0.717) is 22.7 Å². The largest absolute Gasteiger partial charge is 0.393 e. The maximum Gasteiger partial charge on any atom is 0.0637 e. The van der Waals surface area contributed by atoms with Crippen molar-refractivity contribution in [3.63, 3.8) is 0 Å². The second kappa shape index (κ2) is 6.66. The van der Waals surface area contributed by atoms with Gasteiger partial charge < -0.3 is 10.2 Å². The Morgan fingerprint density at radius 2 is 1.44 bits per heavy atom. The first-order valence-electron chi connectivity index (χ1n) is 13.7. The third-order valence-corrected chi connectivity index (χ3v) is 12.8. The van der Waals surface area contributed by atoms with Crippen LogP contribution in [0.3, 0.4) is 0 Å². The van der Waals surface area contributed by atoms with E-state index >= 15 is 0 Å². The van der Waals surface area contributed by atoms with Gasteiger partial charge in [-0.2, -0.15) is 0 Å². The molecule has 2 nitrogen and oxygen atoms in total. The summed E-state index contributed by atoms with van der Waals surface area (Å²) in [7, 11) is 0.